The van der Waals surface area contributed by atoms with Crippen LogP contribution in [0.4, 0.5) is 5.69 Å². The SMILES string of the molecule is CN1C(=O)C2C(c3ccc(N(C)C)cc3)N(C(=O)C3CCC3)C(C)(C(=O)O)C2C1=O. The Morgan fingerprint density at radius 2 is 1.70 bits per heavy atom. The van der Waals surface area contributed by atoms with Crippen LogP contribution in [-0.4, -0.2) is 65.3 Å². The number of carbonyl (C=O) groups excluding carboxylic acids is 3. The molecule has 1 aromatic rings. The fourth-order valence-electron chi connectivity index (χ4n) is 5.12. The van der Waals surface area contributed by atoms with Crippen LogP contribution >= 0.6 is 0 Å². The van der Waals surface area contributed by atoms with Crippen LogP contribution in [-0.2, 0) is 19.2 Å². The Morgan fingerprint density at radius 1 is 1.10 bits per heavy atom. The number of nitrogens with zero attached hydrogens (tertiary/aromatic N) is 3. The molecule has 2 heterocycles. The average molecular weight is 413 g/mol. The zero-order valence-electron chi connectivity index (χ0n) is 17.7. The van der Waals surface area contributed by atoms with Crippen molar-refractivity contribution in [2.24, 2.45) is 17.8 Å². The summed E-state index contributed by atoms with van der Waals surface area (Å²) < 4.78 is 0. The van der Waals surface area contributed by atoms with E-state index in [1.807, 2.05) is 43.3 Å². The summed E-state index contributed by atoms with van der Waals surface area (Å²) in [5, 5.41) is 10.2. The molecule has 4 rings (SSSR count). The summed E-state index contributed by atoms with van der Waals surface area (Å²) in [6.07, 6.45) is 2.33. The van der Waals surface area contributed by atoms with Crippen LogP contribution in [0.2, 0.25) is 0 Å². The molecule has 3 fully saturated rings. The van der Waals surface area contributed by atoms with Gasteiger partial charge < -0.3 is 14.9 Å². The van der Waals surface area contributed by atoms with E-state index >= 15 is 0 Å². The lowest BCUT2D eigenvalue weighted by Gasteiger charge is -2.41. The number of hydrogen-bond donors (Lipinski definition) is 1. The van der Waals surface area contributed by atoms with Gasteiger partial charge in [-0.1, -0.05) is 18.6 Å². The van der Waals surface area contributed by atoms with E-state index in [-0.39, 0.29) is 11.8 Å². The first kappa shape index (κ1) is 20.4. The minimum Gasteiger partial charge on any atom is -0.479 e. The molecule has 160 valence electrons. The van der Waals surface area contributed by atoms with Crippen LogP contribution in [0.15, 0.2) is 24.3 Å². The largest absolute Gasteiger partial charge is 0.479 e. The van der Waals surface area contributed by atoms with Crippen LogP contribution in [0.5, 0.6) is 0 Å². The van der Waals surface area contributed by atoms with Crippen LogP contribution in [0.3, 0.4) is 0 Å². The van der Waals surface area contributed by atoms with Crippen molar-refractivity contribution in [3.63, 3.8) is 0 Å². The number of fused-ring (bicyclic) bond motifs is 1. The number of anilines is 1. The Hall–Kier alpha value is -2.90. The summed E-state index contributed by atoms with van der Waals surface area (Å²) in [5.41, 5.74) is -0.165. The van der Waals surface area contributed by atoms with Gasteiger partial charge in [0.05, 0.1) is 17.9 Å². The first-order chi connectivity index (χ1) is 14.1. The topological polar surface area (TPSA) is 98.2 Å². The Kier molecular flexibility index (Phi) is 4.63. The standard InChI is InChI=1S/C22H27N3O5/c1-22(21(29)30)16-15(19(27)24(4)20(16)28)17(25(22)18(26)13-6-5-7-13)12-8-10-14(11-9-12)23(2)3/h8-11,13,15-17H,5-7H2,1-4H3,(H,29,30). The van der Waals surface area contributed by atoms with Crippen molar-refractivity contribution >= 4 is 29.4 Å². The molecule has 4 unspecified atom stereocenters. The molecule has 0 spiro atoms. The van der Waals surface area contributed by atoms with Crippen LogP contribution < -0.4 is 4.90 Å². The maximum Gasteiger partial charge on any atom is 0.330 e. The second-order valence-corrected chi connectivity index (χ2v) is 8.96. The Bertz CT molecular complexity index is 923. The molecule has 8 nitrogen and oxygen atoms in total. The van der Waals surface area contributed by atoms with Gasteiger partial charge in [-0.2, -0.15) is 0 Å². The fraction of sp³-hybridized carbons (Fsp3) is 0.545. The molecule has 0 bridgehead atoms. The minimum atomic E-state index is -1.78. The van der Waals surface area contributed by atoms with E-state index in [1.165, 1.54) is 18.9 Å². The normalized spacial score (nSPS) is 31.0. The van der Waals surface area contributed by atoms with Crippen molar-refractivity contribution < 1.29 is 24.3 Å². The fourth-order valence-corrected chi connectivity index (χ4v) is 5.12. The van der Waals surface area contributed by atoms with E-state index < -0.39 is 41.2 Å². The molecule has 3 aliphatic rings. The van der Waals surface area contributed by atoms with E-state index in [1.54, 1.807) is 0 Å². The number of rotatable bonds is 4. The van der Waals surface area contributed by atoms with Gasteiger partial charge in [0, 0.05) is 32.7 Å². The Labute approximate surface area is 175 Å². The molecule has 1 aliphatic carbocycles. The summed E-state index contributed by atoms with van der Waals surface area (Å²) in [6, 6.07) is 6.60. The van der Waals surface area contributed by atoms with Crippen LogP contribution in [0.1, 0.15) is 37.8 Å². The predicted molar refractivity (Wildman–Crippen MR) is 108 cm³/mol. The predicted octanol–water partition coefficient (Wildman–Crippen LogP) is 1.51. The summed E-state index contributed by atoms with van der Waals surface area (Å²) in [6.45, 7) is 1.42. The molecule has 8 heteroatoms. The van der Waals surface area contributed by atoms with E-state index in [0.717, 1.165) is 17.0 Å². The third-order valence-corrected chi connectivity index (χ3v) is 7.17. The number of hydrogen-bond acceptors (Lipinski definition) is 5. The van der Waals surface area contributed by atoms with Crippen LogP contribution in [0.25, 0.3) is 0 Å². The van der Waals surface area contributed by atoms with Gasteiger partial charge in [-0.05, 0) is 37.5 Å². The van der Waals surface area contributed by atoms with E-state index in [9.17, 15) is 24.3 Å². The lowest BCUT2D eigenvalue weighted by Crippen LogP contribution is -2.58. The summed E-state index contributed by atoms with van der Waals surface area (Å²) in [4.78, 5) is 56.3. The monoisotopic (exact) mass is 413 g/mol. The number of carbonyl (C=O) groups is 4. The molecular formula is C22H27N3O5. The molecule has 3 amide bonds. The van der Waals surface area contributed by atoms with Gasteiger partial charge in [-0.15, -0.1) is 0 Å². The number of likely N-dealkylation sites (tertiary alicyclic amines) is 2. The first-order valence-corrected chi connectivity index (χ1v) is 10.3. The Morgan fingerprint density at radius 3 is 2.17 bits per heavy atom. The van der Waals surface area contributed by atoms with E-state index in [4.69, 9.17) is 0 Å². The van der Waals surface area contributed by atoms with Crippen molar-refractivity contribution in [1.82, 2.24) is 9.80 Å². The number of benzene rings is 1. The molecule has 2 saturated heterocycles. The number of amides is 3. The van der Waals surface area contributed by atoms with Gasteiger partial charge in [0.2, 0.25) is 17.7 Å². The van der Waals surface area contributed by atoms with Crippen molar-refractivity contribution in [3.8, 4) is 0 Å². The molecule has 0 aromatic heterocycles. The summed E-state index contributed by atoms with van der Waals surface area (Å²) in [7, 11) is 5.20. The Balaban J connectivity index is 1.89. The minimum absolute atomic E-state index is 0.256. The van der Waals surface area contributed by atoms with Crippen molar-refractivity contribution in [2.45, 2.75) is 37.8 Å². The molecule has 0 radical (unpaired) electrons. The maximum atomic E-state index is 13.5. The third-order valence-electron chi connectivity index (χ3n) is 7.17. The highest BCUT2D eigenvalue weighted by molar-refractivity contribution is 6.10. The summed E-state index contributed by atoms with van der Waals surface area (Å²) >= 11 is 0. The first-order valence-electron chi connectivity index (χ1n) is 10.3. The van der Waals surface area contributed by atoms with Crippen molar-refractivity contribution in [2.75, 3.05) is 26.0 Å². The molecular weight excluding hydrogens is 386 g/mol. The highest BCUT2D eigenvalue weighted by Crippen LogP contribution is 2.56. The number of aliphatic carboxylic acids is 1. The third kappa shape index (κ3) is 2.58. The van der Waals surface area contributed by atoms with Crippen LogP contribution in [0, 0.1) is 17.8 Å². The molecule has 2 aliphatic heterocycles. The quantitative estimate of drug-likeness (QED) is 0.752. The molecule has 1 saturated carbocycles. The number of imide groups is 1. The number of carboxylic acids is 1. The van der Waals surface area contributed by atoms with Gasteiger partial charge in [0.25, 0.3) is 0 Å². The molecule has 4 atom stereocenters. The zero-order chi connectivity index (χ0) is 22.0. The summed E-state index contributed by atoms with van der Waals surface area (Å²) in [5.74, 6) is -4.75. The van der Waals surface area contributed by atoms with Gasteiger partial charge in [0.1, 0.15) is 0 Å². The molecule has 1 aromatic carbocycles. The second-order valence-electron chi connectivity index (χ2n) is 8.96. The lowest BCUT2D eigenvalue weighted by molar-refractivity contribution is -0.165. The van der Waals surface area contributed by atoms with Crippen molar-refractivity contribution in [3.05, 3.63) is 29.8 Å². The van der Waals surface area contributed by atoms with E-state index in [2.05, 4.69) is 0 Å². The van der Waals surface area contributed by atoms with Gasteiger partial charge in [-0.3, -0.25) is 19.3 Å². The van der Waals surface area contributed by atoms with Gasteiger partial charge in [0.15, 0.2) is 5.54 Å². The zero-order valence-corrected chi connectivity index (χ0v) is 17.7. The van der Waals surface area contributed by atoms with E-state index in [0.29, 0.717) is 18.4 Å². The highest BCUT2D eigenvalue weighted by atomic mass is 16.4. The molecule has 30 heavy (non-hydrogen) atoms. The van der Waals surface area contributed by atoms with Gasteiger partial charge in [-0.25, -0.2) is 4.79 Å². The average Bonchev–Trinajstić information content (AvgIpc) is 3.06. The maximum absolute atomic E-state index is 13.5. The highest BCUT2D eigenvalue weighted by Gasteiger charge is 2.71. The van der Waals surface area contributed by atoms with Crippen molar-refractivity contribution in [1.29, 1.82) is 0 Å². The second kappa shape index (κ2) is 6.82. The van der Waals surface area contributed by atoms with Gasteiger partial charge >= 0.3 is 5.97 Å². The lowest BCUT2D eigenvalue weighted by atomic mass is 9.79. The molecule has 1 N–H and O–H groups in total. The smallest absolute Gasteiger partial charge is 0.330 e. The number of carboxylic acid groups (broad SMARTS) is 1.